The van der Waals surface area contributed by atoms with Gasteiger partial charge in [0.1, 0.15) is 17.6 Å². The number of pyridine rings is 1. The molecule has 0 amide bonds. The van der Waals surface area contributed by atoms with Crippen LogP contribution in [0.5, 0.6) is 0 Å². The average Bonchev–Trinajstić information content (AvgIpc) is 2.85. The van der Waals surface area contributed by atoms with Gasteiger partial charge in [0, 0.05) is 13.1 Å². The van der Waals surface area contributed by atoms with Crippen molar-refractivity contribution in [3.63, 3.8) is 0 Å². The van der Waals surface area contributed by atoms with Crippen molar-refractivity contribution in [2.45, 2.75) is 20.3 Å². The van der Waals surface area contributed by atoms with E-state index >= 15 is 0 Å². The number of carboxylic acids is 1. The fraction of sp³-hybridized carbons (Fsp3) is 0.500. The number of carboxylic acid groups (broad SMARTS) is 1. The first kappa shape index (κ1) is 13.3. The Morgan fingerprint density at radius 3 is 2.84 bits per heavy atom. The molecular weight excluding hydrogens is 242 g/mol. The van der Waals surface area contributed by atoms with Gasteiger partial charge in [0.05, 0.1) is 5.41 Å². The lowest BCUT2D eigenvalue weighted by Crippen LogP contribution is -2.39. The molecule has 1 N–H and O–H groups in total. The Morgan fingerprint density at radius 2 is 2.32 bits per heavy atom. The zero-order valence-corrected chi connectivity index (χ0v) is 11.1. The average molecular weight is 259 g/mol. The summed E-state index contributed by atoms with van der Waals surface area (Å²) in [5.41, 5.74) is -0.362. The standard InChI is InChI=1S/C14H17N3O2/c1-10(2)14(13(18)19)6-7-17(9-14)12-5-3-4-11(8-15)16-12/h3-5,10H,6-7,9H2,1-2H3,(H,18,19). The molecule has 1 aliphatic rings. The highest BCUT2D eigenvalue weighted by Crippen LogP contribution is 2.39. The van der Waals surface area contributed by atoms with Gasteiger partial charge in [-0.25, -0.2) is 4.98 Å². The number of aromatic nitrogens is 1. The van der Waals surface area contributed by atoms with Crippen LogP contribution >= 0.6 is 0 Å². The van der Waals surface area contributed by atoms with Crippen molar-refractivity contribution in [2.75, 3.05) is 18.0 Å². The van der Waals surface area contributed by atoms with Crippen LogP contribution in [0.4, 0.5) is 5.82 Å². The minimum atomic E-state index is -0.749. The molecule has 0 spiro atoms. The van der Waals surface area contributed by atoms with Gasteiger partial charge < -0.3 is 10.0 Å². The van der Waals surface area contributed by atoms with Crippen molar-refractivity contribution in [1.82, 2.24) is 4.98 Å². The topological polar surface area (TPSA) is 77.2 Å². The molecule has 1 aromatic heterocycles. The predicted molar refractivity (Wildman–Crippen MR) is 70.7 cm³/mol. The van der Waals surface area contributed by atoms with Gasteiger partial charge in [-0.3, -0.25) is 4.79 Å². The number of aliphatic carboxylic acids is 1. The summed E-state index contributed by atoms with van der Waals surface area (Å²) in [6.07, 6.45) is 0.610. The first-order valence-electron chi connectivity index (χ1n) is 6.35. The largest absolute Gasteiger partial charge is 0.481 e. The summed E-state index contributed by atoms with van der Waals surface area (Å²) in [5, 5.41) is 18.4. The Hall–Kier alpha value is -2.09. The van der Waals surface area contributed by atoms with Gasteiger partial charge in [-0.1, -0.05) is 19.9 Å². The normalized spacial score (nSPS) is 22.5. The summed E-state index contributed by atoms with van der Waals surface area (Å²) in [6.45, 7) is 4.99. The summed E-state index contributed by atoms with van der Waals surface area (Å²) in [7, 11) is 0. The van der Waals surface area contributed by atoms with Gasteiger partial charge in [0.2, 0.25) is 0 Å². The lowest BCUT2D eigenvalue weighted by molar-refractivity contribution is -0.150. The third kappa shape index (κ3) is 2.26. The maximum Gasteiger partial charge on any atom is 0.311 e. The van der Waals surface area contributed by atoms with Crippen molar-refractivity contribution < 1.29 is 9.90 Å². The van der Waals surface area contributed by atoms with Gasteiger partial charge >= 0.3 is 5.97 Å². The van der Waals surface area contributed by atoms with Crippen LogP contribution in [0, 0.1) is 22.7 Å². The van der Waals surface area contributed by atoms with Crippen LogP contribution < -0.4 is 4.90 Å². The number of nitriles is 1. The molecule has 2 rings (SSSR count). The van der Waals surface area contributed by atoms with Crippen molar-refractivity contribution in [3.05, 3.63) is 23.9 Å². The molecule has 1 aliphatic heterocycles. The third-order valence-electron chi connectivity index (χ3n) is 4.00. The Bertz CT molecular complexity index is 536. The van der Waals surface area contributed by atoms with Crippen molar-refractivity contribution >= 4 is 11.8 Å². The maximum atomic E-state index is 11.6. The number of anilines is 1. The van der Waals surface area contributed by atoms with Crippen LogP contribution in [0.2, 0.25) is 0 Å². The first-order valence-corrected chi connectivity index (χ1v) is 6.35. The van der Waals surface area contributed by atoms with E-state index in [2.05, 4.69) is 4.98 Å². The Balaban J connectivity index is 2.26. The highest BCUT2D eigenvalue weighted by atomic mass is 16.4. The molecule has 0 aliphatic carbocycles. The monoisotopic (exact) mass is 259 g/mol. The molecule has 5 nitrogen and oxygen atoms in total. The Kier molecular flexibility index (Phi) is 3.43. The van der Waals surface area contributed by atoms with Crippen LogP contribution in [0.3, 0.4) is 0 Å². The number of hydrogen-bond acceptors (Lipinski definition) is 4. The van der Waals surface area contributed by atoms with E-state index in [9.17, 15) is 9.90 Å². The zero-order chi connectivity index (χ0) is 14.0. The van der Waals surface area contributed by atoms with E-state index in [1.54, 1.807) is 12.1 Å². The molecule has 0 aromatic carbocycles. The van der Waals surface area contributed by atoms with Crippen LogP contribution in [0.25, 0.3) is 0 Å². The lowest BCUT2D eigenvalue weighted by Gasteiger charge is -2.28. The summed E-state index contributed by atoms with van der Waals surface area (Å²) in [4.78, 5) is 17.7. The van der Waals surface area contributed by atoms with Crippen LogP contribution in [-0.4, -0.2) is 29.1 Å². The minimum Gasteiger partial charge on any atom is -0.481 e. The molecule has 0 radical (unpaired) electrons. The fourth-order valence-electron chi connectivity index (χ4n) is 2.58. The molecule has 19 heavy (non-hydrogen) atoms. The molecular formula is C14H17N3O2. The van der Waals surface area contributed by atoms with Gasteiger partial charge in [0.15, 0.2) is 0 Å². The van der Waals surface area contributed by atoms with E-state index in [1.165, 1.54) is 0 Å². The minimum absolute atomic E-state index is 0.0640. The predicted octanol–water partition coefficient (Wildman–Crippen LogP) is 1.89. The van der Waals surface area contributed by atoms with E-state index < -0.39 is 11.4 Å². The van der Waals surface area contributed by atoms with Crippen LogP contribution in [0.1, 0.15) is 26.0 Å². The molecule has 1 aromatic rings. The van der Waals surface area contributed by atoms with E-state index in [0.717, 1.165) is 0 Å². The molecule has 5 heteroatoms. The van der Waals surface area contributed by atoms with Crippen molar-refractivity contribution in [3.8, 4) is 6.07 Å². The molecule has 2 heterocycles. The van der Waals surface area contributed by atoms with Gasteiger partial charge in [-0.15, -0.1) is 0 Å². The maximum absolute atomic E-state index is 11.6. The van der Waals surface area contributed by atoms with Gasteiger partial charge in [0.25, 0.3) is 0 Å². The van der Waals surface area contributed by atoms with Gasteiger partial charge in [-0.05, 0) is 24.5 Å². The molecule has 1 saturated heterocycles. The van der Waals surface area contributed by atoms with Gasteiger partial charge in [-0.2, -0.15) is 5.26 Å². The SMILES string of the molecule is CC(C)C1(C(=O)O)CCN(c2cccc(C#N)n2)C1. The van der Waals surface area contributed by atoms with E-state index in [-0.39, 0.29) is 5.92 Å². The molecule has 1 unspecified atom stereocenters. The van der Waals surface area contributed by atoms with Crippen LogP contribution in [-0.2, 0) is 4.79 Å². The molecule has 1 atom stereocenters. The Labute approximate surface area is 112 Å². The third-order valence-corrected chi connectivity index (χ3v) is 4.00. The summed E-state index contributed by atoms with van der Waals surface area (Å²) in [6, 6.07) is 7.24. The number of carbonyl (C=O) groups is 1. The molecule has 0 bridgehead atoms. The van der Waals surface area contributed by atoms with Crippen LogP contribution in [0.15, 0.2) is 18.2 Å². The second kappa shape index (κ2) is 4.88. The second-order valence-electron chi connectivity index (χ2n) is 5.28. The molecule has 100 valence electrons. The quantitative estimate of drug-likeness (QED) is 0.897. The number of rotatable bonds is 3. The summed E-state index contributed by atoms with van der Waals surface area (Å²) in [5.74, 6) is -0.00147. The summed E-state index contributed by atoms with van der Waals surface area (Å²) < 4.78 is 0. The first-order chi connectivity index (χ1) is 8.99. The van der Waals surface area contributed by atoms with Crippen molar-refractivity contribution in [1.29, 1.82) is 5.26 Å². The number of hydrogen-bond donors (Lipinski definition) is 1. The summed E-state index contributed by atoms with van der Waals surface area (Å²) >= 11 is 0. The highest BCUT2D eigenvalue weighted by molar-refractivity contribution is 5.77. The Morgan fingerprint density at radius 1 is 1.58 bits per heavy atom. The van der Waals surface area contributed by atoms with E-state index in [1.807, 2.05) is 30.9 Å². The zero-order valence-electron chi connectivity index (χ0n) is 11.1. The molecule has 0 saturated carbocycles. The fourth-order valence-corrected chi connectivity index (χ4v) is 2.58. The van der Waals surface area contributed by atoms with Crippen molar-refractivity contribution in [2.24, 2.45) is 11.3 Å². The van der Waals surface area contributed by atoms with E-state index in [0.29, 0.717) is 31.0 Å². The molecule has 1 fully saturated rings. The highest BCUT2D eigenvalue weighted by Gasteiger charge is 2.47. The second-order valence-corrected chi connectivity index (χ2v) is 5.28. The van der Waals surface area contributed by atoms with E-state index in [4.69, 9.17) is 5.26 Å². The lowest BCUT2D eigenvalue weighted by atomic mass is 9.76. The smallest absolute Gasteiger partial charge is 0.311 e. The number of nitrogens with zero attached hydrogens (tertiary/aromatic N) is 3.